The number of urea groups is 1. The zero-order valence-corrected chi connectivity index (χ0v) is 21.4. The van der Waals surface area contributed by atoms with E-state index in [-0.39, 0.29) is 34.7 Å². The molecule has 5 nitrogen and oxygen atoms in total. The van der Waals surface area contributed by atoms with Crippen LogP contribution in [-0.2, 0) is 27.6 Å². The first-order valence-corrected chi connectivity index (χ1v) is 12.2. The van der Waals surface area contributed by atoms with E-state index < -0.39 is 5.54 Å². The molecule has 2 aromatic rings. The van der Waals surface area contributed by atoms with Crippen molar-refractivity contribution in [3.63, 3.8) is 0 Å². The molecule has 5 rings (SSSR count). The number of amides is 3. The molecule has 3 amide bonds. The number of allylic oxidation sites excluding steroid dienone is 2. The minimum Gasteiger partial charge on any atom is -0.324 e. The van der Waals surface area contributed by atoms with E-state index in [9.17, 15) is 9.59 Å². The molecule has 1 N–H and O–H groups in total. The van der Waals surface area contributed by atoms with Gasteiger partial charge in [-0.2, -0.15) is 0 Å². The second kappa shape index (κ2) is 7.03. The maximum absolute atomic E-state index is 12.5. The van der Waals surface area contributed by atoms with Crippen molar-refractivity contribution in [3.05, 3.63) is 76.1 Å². The highest BCUT2D eigenvalue weighted by molar-refractivity contribution is 6.06. The molecule has 0 radical (unpaired) electrons. The Bertz CT molecular complexity index is 1230. The number of pyridine rings is 1. The van der Waals surface area contributed by atoms with Crippen molar-refractivity contribution < 1.29 is 9.59 Å². The lowest BCUT2D eigenvalue weighted by molar-refractivity contribution is -0.130. The Morgan fingerprint density at radius 3 is 2.03 bits per heavy atom. The number of aromatic nitrogens is 1. The largest absolute Gasteiger partial charge is 0.325 e. The van der Waals surface area contributed by atoms with Gasteiger partial charge in [0.05, 0.1) is 12.2 Å². The van der Waals surface area contributed by atoms with Crippen LogP contribution in [0.4, 0.5) is 4.79 Å². The van der Waals surface area contributed by atoms with Crippen LogP contribution in [0.25, 0.3) is 0 Å². The van der Waals surface area contributed by atoms with Crippen LogP contribution in [-0.4, -0.2) is 27.4 Å². The van der Waals surface area contributed by atoms with E-state index in [0.29, 0.717) is 0 Å². The van der Waals surface area contributed by atoms with Crippen LogP contribution in [0.5, 0.6) is 0 Å². The van der Waals surface area contributed by atoms with Crippen molar-refractivity contribution >= 4 is 11.9 Å². The fourth-order valence-electron chi connectivity index (χ4n) is 5.62. The van der Waals surface area contributed by atoms with Gasteiger partial charge in [0.25, 0.3) is 5.91 Å². The van der Waals surface area contributed by atoms with Crippen LogP contribution in [0.15, 0.2) is 42.6 Å². The average Bonchev–Trinajstić information content (AvgIpc) is 3.53. The average molecular weight is 458 g/mol. The van der Waals surface area contributed by atoms with Crippen LogP contribution in [0.3, 0.4) is 0 Å². The number of rotatable bonds is 4. The standard InChI is InChI=1S/C29H35N3O2/c1-18-14-21-22(27(4,5)11-10-26(21,2)3)15-20(18)29(12-13-29)23-9-8-19(16-30-23)17-32-24(33)28(6,7)31-25(32)34/h8-11,14-16H,12-13,17H2,1-7H3,(H,31,34). The van der Waals surface area contributed by atoms with E-state index >= 15 is 0 Å². The maximum Gasteiger partial charge on any atom is 0.325 e. The molecule has 1 saturated heterocycles. The molecule has 178 valence electrons. The summed E-state index contributed by atoms with van der Waals surface area (Å²) in [4.78, 5) is 30.9. The molecule has 1 saturated carbocycles. The van der Waals surface area contributed by atoms with Gasteiger partial charge in [0, 0.05) is 22.4 Å². The van der Waals surface area contributed by atoms with Crippen LogP contribution in [0, 0.1) is 6.92 Å². The van der Waals surface area contributed by atoms with Crippen molar-refractivity contribution in [1.82, 2.24) is 15.2 Å². The Balaban J connectivity index is 1.46. The molecule has 2 heterocycles. The van der Waals surface area contributed by atoms with E-state index in [1.165, 1.54) is 27.2 Å². The molecular weight excluding hydrogens is 422 g/mol. The third kappa shape index (κ3) is 3.40. The molecule has 34 heavy (non-hydrogen) atoms. The zero-order chi connectivity index (χ0) is 24.7. The number of benzene rings is 1. The van der Waals surface area contributed by atoms with Crippen molar-refractivity contribution in [3.8, 4) is 0 Å². The monoisotopic (exact) mass is 457 g/mol. The van der Waals surface area contributed by atoms with E-state index in [2.05, 4.69) is 70.3 Å². The van der Waals surface area contributed by atoms with Gasteiger partial charge in [0.2, 0.25) is 0 Å². The van der Waals surface area contributed by atoms with E-state index in [1.54, 1.807) is 13.8 Å². The highest BCUT2D eigenvalue weighted by Gasteiger charge is 2.49. The van der Waals surface area contributed by atoms with Gasteiger partial charge in [-0.05, 0) is 67.5 Å². The summed E-state index contributed by atoms with van der Waals surface area (Å²) < 4.78 is 0. The molecule has 1 aromatic heterocycles. The van der Waals surface area contributed by atoms with Crippen LogP contribution >= 0.6 is 0 Å². The van der Waals surface area contributed by atoms with Crippen molar-refractivity contribution in [2.24, 2.45) is 0 Å². The summed E-state index contributed by atoms with van der Waals surface area (Å²) >= 11 is 0. The lowest BCUT2D eigenvalue weighted by Crippen LogP contribution is -2.40. The van der Waals surface area contributed by atoms with Crippen LogP contribution in [0.2, 0.25) is 0 Å². The van der Waals surface area contributed by atoms with Gasteiger partial charge in [-0.25, -0.2) is 4.79 Å². The first-order chi connectivity index (χ1) is 15.8. The fraction of sp³-hybridized carbons (Fsp3) is 0.483. The molecule has 5 heteroatoms. The molecule has 0 atom stereocenters. The minimum atomic E-state index is -0.857. The van der Waals surface area contributed by atoms with Crippen molar-refractivity contribution in [2.75, 3.05) is 0 Å². The van der Waals surface area contributed by atoms with E-state index in [1.807, 2.05) is 12.3 Å². The Morgan fingerprint density at radius 2 is 1.53 bits per heavy atom. The minimum absolute atomic E-state index is 0.00269. The predicted octanol–water partition coefficient (Wildman–Crippen LogP) is 5.43. The molecule has 0 spiro atoms. The molecular formula is C29H35N3O2. The Kier molecular flexibility index (Phi) is 4.72. The number of aryl methyl sites for hydroxylation is 1. The van der Waals surface area contributed by atoms with Crippen LogP contribution < -0.4 is 5.32 Å². The predicted molar refractivity (Wildman–Crippen MR) is 134 cm³/mol. The third-order valence-electron chi connectivity index (χ3n) is 8.04. The second-order valence-corrected chi connectivity index (χ2v) is 12.1. The topological polar surface area (TPSA) is 62.3 Å². The normalized spacial score (nSPS) is 23.0. The molecule has 2 fully saturated rings. The van der Waals surface area contributed by atoms with Crippen molar-refractivity contribution in [1.29, 1.82) is 0 Å². The molecule has 1 aromatic carbocycles. The van der Waals surface area contributed by atoms with Gasteiger partial charge >= 0.3 is 6.03 Å². The summed E-state index contributed by atoms with van der Waals surface area (Å²) in [5.74, 6) is -0.204. The summed E-state index contributed by atoms with van der Waals surface area (Å²) in [5, 5.41) is 2.74. The molecule has 2 aliphatic carbocycles. The summed E-state index contributed by atoms with van der Waals surface area (Å²) in [6, 6.07) is 8.58. The summed E-state index contributed by atoms with van der Waals surface area (Å²) in [6.45, 7) is 15.1. The quantitative estimate of drug-likeness (QED) is 0.492. The molecule has 0 unspecified atom stereocenters. The van der Waals surface area contributed by atoms with Crippen LogP contribution in [0.1, 0.15) is 87.9 Å². The number of imide groups is 1. The highest BCUT2D eigenvalue weighted by atomic mass is 16.2. The number of hydrogen-bond acceptors (Lipinski definition) is 3. The number of nitrogens with zero attached hydrogens (tertiary/aromatic N) is 2. The Morgan fingerprint density at radius 1 is 0.912 bits per heavy atom. The first-order valence-electron chi connectivity index (χ1n) is 12.2. The molecule has 1 aliphatic heterocycles. The Hall–Kier alpha value is -2.95. The van der Waals surface area contributed by atoms with Gasteiger partial charge in [-0.1, -0.05) is 58.0 Å². The van der Waals surface area contributed by atoms with Gasteiger partial charge in [0.1, 0.15) is 5.54 Å². The lowest BCUT2D eigenvalue weighted by Gasteiger charge is -2.38. The zero-order valence-electron chi connectivity index (χ0n) is 21.4. The van der Waals surface area contributed by atoms with Crippen molar-refractivity contribution in [2.45, 2.75) is 89.6 Å². The number of nitrogens with one attached hydrogen (secondary N) is 1. The summed E-state index contributed by atoms with van der Waals surface area (Å²) in [5.41, 5.74) is 6.56. The number of hydrogen-bond donors (Lipinski definition) is 1. The van der Waals surface area contributed by atoms with E-state index in [4.69, 9.17) is 4.98 Å². The third-order valence-corrected chi connectivity index (χ3v) is 8.04. The SMILES string of the molecule is Cc1cc2c(cc1C1(c3ccc(CN4C(=O)NC(C)(C)C4=O)cn3)CC1)C(C)(C)C=CC2(C)C. The molecule has 0 bridgehead atoms. The fourth-order valence-corrected chi connectivity index (χ4v) is 5.62. The number of carbonyl (C=O) groups excluding carboxylic acids is 2. The Labute approximate surface area is 202 Å². The van der Waals surface area contributed by atoms with Gasteiger partial charge in [-0.15, -0.1) is 0 Å². The number of fused-ring (bicyclic) bond motifs is 1. The summed E-state index contributed by atoms with van der Waals surface area (Å²) in [7, 11) is 0. The maximum atomic E-state index is 12.5. The smallest absolute Gasteiger partial charge is 0.324 e. The van der Waals surface area contributed by atoms with Gasteiger partial charge < -0.3 is 5.32 Å². The van der Waals surface area contributed by atoms with Gasteiger partial charge in [0.15, 0.2) is 0 Å². The molecule has 3 aliphatic rings. The first kappa shape index (κ1) is 22.8. The summed E-state index contributed by atoms with van der Waals surface area (Å²) in [6.07, 6.45) is 8.68. The number of carbonyl (C=O) groups is 2. The lowest BCUT2D eigenvalue weighted by atomic mass is 9.66. The second-order valence-electron chi connectivity index (χ2n) is 12.1. The van der Waals surface area contributed by atoms with E-state index in [0.717, 1.165) is 24.1 Å². The van der Waals surface area contributed by atoms with Gasteiger partial charge in [-0.3, -0.25) is 14.7 Å². The highest BCUT2D eigenvalue weighted by Crippen LogP contribution is 2.55.